The van der Waals surface area contributed by atoms with Crippen molar-refractivity contribution in [2.45, 2.75) is 63.8 Å². The lowest BCUT2D eigenvalue weighted by molar-refractivity contribution is 0.0555. The molecule has 0 aliphatic carbocycles. The number of aromatic nitrogens is 3. The van der Waals surface area contributed by atoms with E-state index in [1.54, 1.807) is 6.07 Å². The molecular weight excluding hydrogens is 412 g/mol. The maximum absolute atomic E-state index is 15.5. The van der Waals surface area contributed by atoms with Crippen LogP contribution in [0.25, 0.3) is 22.2 Å². The van der Waals surface area contributed by atoms with E-state index in [-0.39, 0.29) is 17.3 Å². The molecular formula is C24H27F2N5O. The Kier molecular flexibility index (Phi) is 4.64. The standard InChI is InChI=1S/C24H27F2N5O/c1-23(2)11-19(21(26)24(3,4)30-23)31-6-5-13-9-18(28-29-22(13)31)16-8-14-7-15(25)12-27-17(14)10-20(16)32/h7-10,12,19,21,30,32H,5-6,11H2,1-4H3/t19-,21-/m0/s1. The number of halogens is 2. The summed E-state index contributed by atoms with van der Waals surface area (Å²) in [5.41, 5.74) is 1.57. The zero-order chi connectivity index (χ0) is 22.8. The number of hydrogen-bond donors (Lipinski definition) is 2. The van der Waals surface area contributed by atoms with Crippen molar-refractivity contribution in [3.05, 3.63) is 41.8 Å². The molecule has 1 fully saturated rings. The number of alkyl halides is 1. The number of anilines is 1. The van der Waals surface area contributed by atoms with Gasteiger partial charge in [0.2, 0.25) is 0 Å². The normalized spacial score (nSPS) is 24.0. The van der Waals surface area contributed by atoms with Crippen molar-refractivity contribution in [1.82, 2.24) is 20.5 Å². The van der Waals surface area contributed by atoms with E-state index in [0.717, 1.165) is 18.2 Å². The number of aromatic hydroxyl groups is 1. The van der Waals surface area contributed by atoms with Gasteiger partial charge in [-0.1, -0.05) is 0 Å². The van der Waals surface area contributed by atoms with Crippen LogP contribution in [-0.4, -0.2) is 50.1 Å². The van der Waals surface area contributed by atoms with Crippen LogP contribution in [0.15, 0.2) is 30.5 Å². The van der Waals surface area contributed by atoms with Gasteiger partial charge < -0.3 is 15.3 Å². The predicted octanol–water partition coefficient (Wildman–Crippen LogP) is 4.16. The largest absolute Gasteiger partial charge is 0.507 e. The van der Waals surface area contributed by atoms with Crippen LogP contribution in [0.2, 0.25) is 0 Å². The molecule has 1 saturated heterocycles. The minimum Gasteiger partial charge on any atom is -0.507 e. The lowest BCUT2D eigenvalue weighted by Gasteiger charge is -2.51. The number of rotatable bonds is 2. The number of phenols is 1. The molecule has 32 heavy (non-hydrogen) atoms. The number of hydrogen-bond acceptors (Lipinski definition) is 6. The molecule has 6 nitrogen and oxygen atoms in total. The van der Waals surface area contributed by atoms with Crippen LogP contribution in [0.4, 0.5) is 14.6 Å². The molecule has 0 saturated carbocycles. The third-order valence-corrected chi connectivity index (χ3v) is 6.59. The molecule has 1 aromatic carbocycles. The second-order valence-electron chi connectivity index (χ2n) is 10.1. The van der Waals surface area contributed by atoms with Gasteiger partial charge in [-0.15, -0.1) is 10.2 Å². The molecule has 2 aliphatic heterocycles. The van der Waals surface area contributed by atoms with Crippen molar-refractivity contribution in [3.63, 3.8) is 0 Å². The van der Waals surface area contributed by atoms with Crippen LogP contribution in [0.1, 0.15) is 39.7 Å². The quantitative estimate of drug-likeness (QED) is 0.625. The summed E-state index contributed by atoms with van der Waals surface area (Å²) < 4.78 is 29.1. The third kappa shape index (κ3) is 3.46. The smallest absolute Gasteiger partial charge is 0.154 e. The average molecular weight is 440 g/mol. The molecule has 168 valence electrons. The van der Waals surface area contributed by atoms with Gasteiger partial charge in [0.15, 0.2) is 5.82 Å². The number of fused-ring (bicyclic) bond motifs is 2. The summed E-state index contributed by atoms with van der Waals surface area (Å²) in [4.78, 5) is 6.05. The fraction of sp³-hybridized carbons (Fsp3) is 0.458. The van der Waals surface area contributed by atoms with E-state index in [4.69, 9.17) is 0 Å². The fourth-order valence-electron chi connectivity index (χ4n) is 5.36. The van der Waals surface area contributed by atoms with Gasteiger partial charge in [0.05, 0.1) is 23.4 Å². The Labute approximate surface area is 185 Å². The molecule has 0 bridgehead atoms. The number of nitrogens with zero attached hydrogens (tertiary/aromatic N) is 4. The van der Waals surface area contributed by atoms with Crippen molar-refractivity contribution in [1.29, 1.82) is 0 Å². The molecule has 0 unspecified atom stereocenters. The Morgan fingerprint density at radius 2 is 1.91 bits per heavy atom. The van der Waals surface area contributed by atoms with Gasteiger partial charge in [-0.25, -0.2) is 8.78 Å². The van der Waals surface area contributed by atoms with E-state index in [1.807, 2.05) is 24.8 Å². The van der Waals surface area contributed by atoms with Crippen LogP contribution >= 0.6 is 0 Å². The topological polar surface area (TPSA) is 74.2 Å². The van der Waals surface area contributed by atoms with Gasteiger partial charge in [0, 0.05) is 40.2 Å². The molecule has 0 radical (unpaired) electrons. The number of phenolic OH excluding ortho intramolecular Hbond substituents is 1. The van der Waals surface area contributed by atoms with Crippen LogP contribution in [0, 0.1) is 5.82 Å². The third-order valence-electron chi connectivity index (χ3n) is 6.59. The second kappa shape index (κ2) is 7.07. The fourth-order valence-corrected chi connectivity index (χ4v) is 5.36. The Balaban J connectivity index is 1.51. The van der Waals surface area contributed by atoms with Crippen molar-refractivity contribution in [2.24, 2.45) is 0 Å². The highest BCUT2D eigenvalue weighted by Gasteiger charge is 2.49. The van der Waals surface area contributed by atoms with Gasteiger partial charge in [-0.2, -0.15) is 0 Å². The monoisotopic (exact) mass is 439 g/mol. The van der Waals surface area contributed by atoms with Gasteiger partial charge in [0.1, 0.15) is 17.7 Å². The Morgan fingerprint density at radius 1 is 1.12 bits per heavy atom. The summed E-state index contributed by atoms with van der Waals surface area (Å²) in [6.45, 7) is 8.66. The van der Waals surface area contributed by atoms with Crippen LogP contribution in [0.5, 0.6) is 5.75 Å². The summed E-state index contributed by atoms with van der Waals surface area (Å²) in [5.74, 6) is 0.257. The van der Waals surface area contributed by atoms with E-state index in [2.05, 4.69) is 34.3 Å². The van der Waals surface area contributed by atoms with E-state index in [9.17, 15) is 9.50 Å². The summed E-state index contributed by atoms with van der Waals surface area (Å²) in [6.07, 6.45) is 1.44. The predicted molar refractivity (Wildman–Crippen MR) is 120 cm³/mol. The van der Waals surface area contributed by atoms with Gasteiger partial charge in [-0.05, 0) is 58.7 Å². The summed E-state index contributed by atoms with van der Waals surface area (Å²) in [6, 6.07) is 6.12. The Bertz CT molecular complexity index is 1210. The lowest BCUT2D eigenvalue weighted by atomic mass is 9.77. The second-order valence-corrected chi connectivity index (χ2v) is 10.1. The number of pyridine rings is 1. The summed E-state index contributed by atoms with van der Waals surface area (Å²) in [7, 11) is 0. The first kappa shape index (κ1) is 21.0. The highest BCUT2D eigenvalue weighted by molar-refractivity contribution is 5.87. The zero-order valence-electron chi connectivity index (χ0n) is 18.7. The molecule has 2 aromatic heterocycles. The number of benzene rings is 1. The number of nitrogens with one attached hydrogen (secondary N) is 1. The first-order chi connectivity index (χ1) is 15.0. The zero-order valence-corrected chi connectivity index (χ0v) is 18.7. The first-order valence-corrected chi connectivity index (χ1v) is 10.9. The average Bonchev–Trinajstić information content (AvgIpc) is 3.13. The Morgan fingerprint density at radius 3 is 2.69 bits per heavy atom. The molecule has 3 aromatic rings. The highest BCUT2D eigenvalue weighted by Crippen LogP contribution is 2.40. The van der Waals surface area contributed by atoms with E-state index >= 15 is 4.39 Å². The molecule has 2 atom stereocenters. The summed E-state index contributed by atoms with van der Waals surface area (Å²) >= 11 is 0. The van der Waals surface area contributed by atoms with Gasteiger partial charge in [0.25, 0.3) is 0 Å². The molecule has 4 heterocycles. The minimum atomic E-state index is -1.06. The molecule has 5 rings (SSSR count). The molecule has 2 aliphatic rings. The van der Waals surface area contributed by atoms with E-state index in [1.165, 1.54) is 12.1 Å². The molecule has 0 amide bonds. The van der Waals surface area contributed by atoms with Gasteiger partial charge >= 0.3 is 0 Å². The molecule has 2 N–H and O–H groups in total. The van der Waals surface area contributed by atoms with Crippen molar-refractivity contribution in [2.75, 3.05) is 11.4 Å². The maximum Gasteiger partial charge on any atom is 0.154 e. The van der Waals surface area contributed by atoms with E-state index in [0.29, 0.717) is 40.9 Å². The number of piperidine rings is 1. The SMILES string of the molecule is CC1(C)C[C@H](N2CCc3cc(-c4cc5cc(F)cnc5cc4O)nnc32)[C@H](F)C(C)(C)N1. The lowest BCUT2D eigenvalue weighted by Crippen LogP contribution is -2.69. The Hall–Kier alpha value is -2.87. The van der Waals surface area contributed by atoms with Crippen molar-refractivity contribution >= 4 is 16.7 Å². The molecule has 8 heteroatoms. The first-order valence-electron chi connectivity index (χ1n) is 10.9. The molecule has 0 spiro atoms. The summed E-state index contributed by atoms with van der Waals surface area (Å²) in [5, 5.41) is 23.3. The van der Waals surface area contributed by atoms with Crippen LogP contribution in [0.3, 0.4) is 0 Å². The van der Waals surface area contributed by atoms with Gasteiger partial charge in [-0.3, -0.25) is 4.98 Å². The van der Waals surface area contributed by atoms with Crippen molar-refractivity contribution < 1.29 is 13.9 Å². The van der Waals surface area contributed by atoms with Crippen LogP contribution < -0.4 is 10.2 Å². The van der Waals surface area contributed by atoms with E-state index < -0.39 is 17.5 Å². The van der Waals surface area contributed by atoms with Crippen LogP contribution in [-0.2, 0) is 6.42 Å². The minimum absolute atomic E-state index is 0.00591. The van der Waals surface area contributed by atoms with Crippen molar-refractivity contribution in [3.8, 4) is 17.0 Å². The highest BCUT2D eigenvalue weighted by atomic mass is 19.1. The maximum atomic E-state index is 15.5.